The summed E-state index contributed by atoms with van der Waals surface area (Å²) in [6, 6.07) is 0. The van der Waals surface area contributed by atoms with Gasteiger partial charge in [-0.1, -0.05) is 19.3 Å². The van der Waals surface area contributed by atoms with Crippen LogP contribution in [-0.2, 0) is 4.74 Å². The molecule has 13 heavy (non-hydrogen) atoms. The molecule has 0 fully saturated rings. The summed E-state index contributed by atoms with van der Waals surface area (Å²) >= 11 is 1.89. The predicted molar refractivity (Wildman–Crippen MR) is 59.2 cm³/mol. The zero-order valence-corrected chi connectivity index (χ0v) is 9.68. The van der Waals surface area contributed by atoms with Crippen molar-refractivity contribution >= 4 is 28.7 Å². The van der Waals surface area contributed by atoms with Gasteiger partial charge in [0, 0.05) is 29.1 Å². The van der Waals surface area contributed by atoms with Crippen LogP contribution in [0.3, 0.4) is 0 Å². The van der Waals surface area contributed by atoms with Crippen LogP contribution in [-0.4, -0.2) is 19.2 Å². The molecule has 1 amide bonds. The van der Waals surface area contributed by atoms with Crippen molar-refractivity contribution in [3.8, 4) is 9.85 Å². The maximum absolute atomic E-state index is 10.8. The van der Waals surface area contributed by atoms with Crippen molar-refractivity contribution in [3.63, 3.8) is 0 Å². The van der Waals surface area contributed by atoms with E-state index in [2.05, 4.69) is 32.4 Å². The van der Waals surface area contributed by atoms with E-state index >= 15 is 0 Å². The zero-order chi connectivity index (χ0) is 9.94. The van der Waals surface area contributed by atoms with Gasteiger partial charge >= 0.3 is 6.09 Å². The number of carbonyl (C=O) groups excluding carboxylic acids is 1. The zero-order valence-electron chi connectivity index (χ0n) is 7.52. The van der Waals surface area contributed by atoms with Gasteiger partial charge in [0.1, 0.15) is 0 Å². The highest BCUT2D eigenvalue weighted by Crippen LogP contribution is 1.81. The number of hydrogen-bond acceptors (Lipinski definition) is 3. The van der Waals surface area contributed by atoms with Crippen molar-refractivity contribution in [2.24, 2.45) is 0 Å². The van der Waals surface area contributed by atoms with Crippen LogP contribution in [0.25, 0.3) is 0 Å². The molecule has 2 N–H and O–H groups in total. The second-order valence-electron chi connectivity index (χ2n) is 2.25. The molecule has 0 aliphatic carbocycles. The van der Waals surface area contributed by atoms with E-state index in [0.29, 0.717) is 0 Å². The molecule has 0 unspecified atom stereocenters. The van der Waals surface area contributed by atoms with Gasteiger partial charge in [-0.2, -0.15) is 0 Å². The minimum atomic E-state index is -0.491. The normalized spacial score (nSPS) is 8.46. The van der Waals surface area contributed by atoms with E-state index in [1.807, 2.05) is 22.6 Å². The molecule has 74 valence electrons. The number of halogens is 1. The van der Waals surface area contributed by atoms with Crippen molar-refractivity contribution in [2.75, 3.05) is 13.2 Å². The summed E-state index contributed by atoms with van der Waals surface area (Å²) in [5.41, 5.74) is 5.13. The topological polar surface area (TPSA) is 50.4 Å². The molecule has 0 bridgehead atoms. The van der Waals surface area contributed by atoms with Crippen LogP contribution in [0.4, 0.5) is 4.79 Å². The molecule has 0 heterocycles. The van der Waals surface area contributed by atoms with E-state index < -0.39 is 6.09 Å². The Morgan fingerprint density at radius 2 is 2.38 bits per heavy atom. The minimum absolute atomic E-state index is 0.129. The van der Waals surface area contributed by atoms with Gasteiger partial charge in [-0.15, -0.1) is 0 Å². The fourth-order valence-corrected chi connectivity index (χ4v) is 0.721. The molecule has 0 saturated heterocycles. The van der Waals surface area contributed by atoms with Crippen molar-refractivity contribution in [1.29, 1.82) is 0 Å². The van der Waals surface area contributed by atoms with Crippen LogP contribution in [0.15, 0.2) is 0 Å². The Labute approximate surface area is 91.9 Å². The number of nitrogens with one attached hydrogen (secondary N) is 2. The first-order valence-corrected chi connectivity index (χ1v) is 5.13. The maximum atomic E-state index is 10.8. The van der Waals surface area contributed by atoms with Gasteiger partial charge in [0.25, 0.3) is 0 Å². The van der Waals surface area contributed by atoms with E-state index in [1.165, 1.54) is 0 Å². The van der Waals surface area contributed by atoms with E-state index in [-0.39, 0.29) is 6.61 Å². The molecule has 0 atom stereocenters. The van der Waals surface area contributed by atoms with Crippen LogP contribution in [0.5, 0.6) is 0 Å². The number of unbranched alkanes of at least 4 members (excludes halogenated alkanes) is 1. The summed E-state index contributed by atoms with van der Waals surface area (Å²) in [4.78, 5) is 10.8. The van der Waals surface area contributed by atoms with Crippen molar-refractivity contribution in [3.05, 3.63) is 0 Å². The van der Waals surface area contributed by atoms with E-state index in [4.69, 9.17) is 0 Å². The average molecular weight is 296 g/mol. The molecule has 0 aliphatic heterocycles. The van der Waals surface area contributed by atoms with E-state index in [1.54, 1.807) is 0 Å². The van der Waals surface area contributed by atoms with E-state index in [0.717, 1.165) is 19.4 Å². The number of ether oxygens (including phenoxy) is 1. The van der Waals surface area contributed by atoms with Crippen molar-refractivity contribution in [2.45, 2.75) is 19.8 Å². The molecule has 0 aromatic rings. The number of carbonyl (C=O) groups is 1. The lowest BCUT2D eigenvalue weighted by Gasteiger charge is -2.04. The van der Waals surface area contributed by atoms with E-state index in [9.17, 15) is 4.79 Å². The third-order valence-electron chi connectivity index (χ3n) is 1.19. The Hall–Kier alpha value is -0.480. The average Bonchev–Trinajstić information content (AvgIpc) is 2.13. The first kappa shape index (κ1) is 12.5. The SMILES string of the molecule is CCCCNNC(=O)OCC#CI. The monoisotopic (exact) mass is 296 g/mol. The lowest BCUT2D eigenvalue weighted by molar-refractivity contribution is 0.155. The Bertz CT molecular complexity index is 198. The van der Waals surface area contributed by atoms with Gasteiger partial charge < -0.3 is 4.74 Å². The molecule has 0 aliphatic rings. The quantitative estimate of drug-likeness (QED) is 0.349. The summed E-state index contributed by atoms with van der Waals surface area (Å²) in [6.07, 6.45) is 1.62. The summed E-state index contributed by atoms with van der Waals surface area (Å²) in [5, 5.41) is 0. The van der Waals surface area contributed by atoms with Gasteiger partial charge in [0.05, 0.1) is 0 Å². The summed E-state index contributed by atoms with van der Waals surface area (Å²) in [5.74, 6) is 2.61. The third kappa shape index (κ3) is 9.43. The molecule has 0 saturated carbocycles. The fourth-order valence-electron chi connectivity index (χ4n) is 0.565. The van der Waals surface area contributed by atoms with Crippen LogP contribution >= 0.6 is 22.6 Å². The van der Waals surface area contributed by atoms with Crippen LogP contribution in [0.2, 0.25) is 0 Å². The number of hydrogen-bond donors (Lipinski definition) is 2. The smallest absolute Gasteiger partial charge is 0.422 e. The van der Waals surface area contributed by atoms with Gasteiger partial charge in [-0.05, 0) is 10.3 Å². The highest BCUT2D eigenvalue weighted by Gasteiger charge is 1.96. The van der Waals surface area contributed by atoms with Gasteiger partial charge in [0.2, 0.25) is 0 Å². The third-order valence-corrected chi connectivity index (χ3v) is 1.57. The Kier molecular flexibility index (Phi) is 9.25. The highest BCUT2D eigenvalue weighted by atomic mass is 127. The summed E-state index contributed by atoms with van der Waals surface area (Å²) in [7, 11) is 0. The first-order chi connectivity index (χ1) is 6.31. The molecular weight excluding hydrogens is 283 g/mol. The molecule has 0 aromatic carbocycles. The molecule has 0 spiro atoms. The Morgan fingerprint density at radius 3 is 3.00 bits per heavy atom. The van der Waals surface area contributed by atoms with Crippen LogP contribution < -0.4 is 10.9 Å². The number of rotatable bonds is 5. The largest absolute Gasteiger partial charge is 0.435 e. The summed E-state index contributed by atoms with van der Waals surface area (Å²) < 4.78 is 7.27. The summed E-state index contributed by atoms with van der Waals surface area (Å²) in [6.45, 7) is 2.96. The lowest BCUT2D eigenvalue weighted by atomic mass is 10.3. The molecule has 0 radical (unpaired) electrons. The number of hydrazine groups is 1. The van der Waals surface area contributed by atoms with Gasteiger partial charge in [0.15, 0.2) is 6.61 Å². The first-order valence-electron chi connectivity index (χ1n) is 4.05. The van der Waals surface area contributed by atoms with Crippen molar-refractivity contribution < 1.29 is 9.53 Å². The molecule has 5 heteroatoms. The Balaban J connectivity index is 3.23. The maximum Gasteiger partial charge on any atom is 0.422 e. The van der Waals surface area contributed by atoms with Crippen molar-refractivity contribution in [1.82, 2.24) is 10.9 Å². The molecule has 4 nitrogen and oxygen atoms in total. The predicted octanol–water partition coefficient (Wildman–Crippen LogP) is 1.41. The second kappa shape index (κ2) is 9.61. The number of amides is 1. The minimum Gasteiger partial charge on any atom is -0.435 e. The Morgan fingerprint density at radius 1 is 1.62 bits per heavy atom. The van der Waals surface area contributed by atoms with Crippen LogP contribution in [0, 0.1) is 9.85 Å². The highest BCUT2D eigenvalue weighted by molar-refractivity contribution is 14.1. The fraction of sp³-hybridized carbons (Fsp3) is 0.625. The second-order valence-corrected chi connectivity index (χ2v) is 2.79. The standard InChI is InChI=1S/C8H13IN2O2/c1-2-3-6-10-11-8(12)13-7-4-5-9/h10H,2-3,6-7H2,1H3,(H,11,12). The molecule has 0 aromatic heterocycles. The van der Waals surface area contributed by atoms with Crippen LogP contribution in [0.1, 0.15) is 19.8 Å². The lowest BCUT2D eigenvalue weighted by Crippen LogP contribution is -2.38. The molecular formula is C8H13IN2O2. The van der Waals surface area contributed by atoms with Gasteiger partial charge in [-0.25, -0.2) is 10.2 Å². The van der Waals surface area contributed by atoms with Gasteiger partial charge in [-0.3, -0.25) is 5.43 Å². The molecule has 0 rings (SSSR count).